The lowest BCUT2D eigenvalue weighted by atomic mass is 10.1. The molecule has 1 aromatic heterocycles. The Kier molecular flexibility index (Phi) is 8.70. The first-order valence-electron chi connectivity index (χ1n) is 6.65. The van der Waals surface area contributed by atoms with Gasteiger partial charge in [0.25, 0.3) is 0 Å². The van der Waals surface area contributed by atoms with Crippen molar-refractivity contribution in [1.82, 2.24) is 4.98 Å². The third-order valence-electron chi connectivity index (χ3n) is 2.71. The number of pyridine rings is 1. The first kappa shape index (κ1) is 22.1. The summed E-state index contributed by atoms with van der Waals surface area (Å²) in [6, 6.07) is 9.64. The molecule has 0 unspecified atom stereocenters. The number of alkyl halides is 3. The summed E-state index contributed by atoms with van der Waals surface area (Å²) < 4.78 is 53.1. The average molecular weight is 427 g/mol. The number of nitrogens with zero attached hydrogens (tertiary/aromatic N) is 2. The molecule has 2 rings (SSSR count). The van der Waals surface area contributed by atoms with E-state index in [1.54, 1.807) is 6.07 Å². The van der Waals surface area contributed by atoms with Crippen molar-refractivity contribution in [2.45, 2.75) is 6.18 Å². The zero-order chi connectivity index (χ0) is 19.7. The van der Waals surface area contributed by atoms with Gasteiger partial charge in [0.05, 0.1) is 12.7 Å². The maximum absolute atomic E-state index is 13.2. The smallest absolute Gasteiger partial charge is 0.434 e. The van der Waals surface area contributed by atoms with Crippen molar-refractivity contribution in [3.8, 4) is 0 Å². The first-order valence-corrected chi connectivity index (χ1v) is 9.45. The van der Waals surface area contributed by atoms with Crippen molar-refractivity contribution in [2.24, 2.45) is 4.99 Å². The Morgan fingerprint density at radius 3 is 2.23 bits per heavy atom. The van der Waals surface area contributed by atoms with Crippen molar-refractivity contribution >= 4 is 48.1 Å². The van der Waals surface area contributed by atoms with Crippen LogP contribution < -0.4 is 0 Å². The molecule has 0 saturated heterocycles. The molecule has 0 aliphatic rings. The summed E-state index contributed by atoms with van der Waals surface area (Å²) in [5, 5.41) is 0. The van der Waals surface area contributed by atoms with Crippen molar-refractivity contribution in [3.63, 3.8) is 0 Å². The largest absolute Gasteiger partial charge is 0.465 e. The SMILES string of the molecule is COC(=O)c1ccnc(N=C(c2ccccc2)C(F)(F)F)c1.O=S(Cl)Cl. The van der Waals surface area contributed by atoms with E-state index < -0.39 is 27.1 Å². The van der Waals surface area contributed by atoms with Gasteiger partial charge in [-0.15, -0.1) is 0 Å². The average Bonchev–Trinajstić information content (AvgIpc) is 2.58. The Morgan fingerprint density at radius 1 is 1.15 bits per heavy atom. The molecule has 2 aromatic rings. The van der Waals surface area contributed by atoms with Crippen molar-refractivity contribution in [2.75, 3.05) is 7.11 Å². The van der Waals surface area contributed by atoms with E-state index >= 15 is 0 Å². The number of hydrogen-bond donors (Lipinski definition) is 0. The van der Waals surface area contributed by atoms with Crippen molar-refractivity contribution in [1.29, 1.82) is 0 Å². The lowest BCUT2D eigenvalue weighted by molar-refractivity contribution is -0.0580. The maximum Gasteiger partial charge on any atom is 0.434 e. The van der Waals surface area contributed by atoms with E-state index in [0.717, 1.165) is 6.07 Å². The van der Waals surface area contributed by atoms with Crippen molar-refractivity contribution < 1.29 is 26.9 Å². The fourth-order valence-corrected chi connectivity index (χ4v) is 1.73. The molecule has 5 nitrogen and oxygen atoms in total. The third-order valence-corrected chi connectivity index (χ3v) is 2.71. The number of aliphatic imine (C=N–C) groups is 1. The highest BCUT2D eigenvalue weighted by molar-refractivity contribution is 8.26. The lowest BCUT2D eigenvalue weighted by Gasteiger charge is -2.10. The van der Waals surface area contributed by atoms with Crippen LogP contribution in [0.15, 0.2) is 53.7 Å². The molecular formula is C15H11Cl2F3N2O3S. The Labute approximate surface area is 158 Å². The van der Waals surface area contributed by atoms with Gasteiger partial charge in [0, 0.05) is 33.1 Å². The van der Waals surface area contributed by atoms with Crippen LogP contribution in [0, 0.1) is 0 Å². The molecule has 0 N–H and O–H groups in total. The van der Waals surface area contributed by atoms with Gasteiger partial charge >= 0.3 is 12.1 Å². The molecule has 26 heavy (non-hydrogen) atoms. The number of ether oxygens (including phenoxy) is 1. The van der Waals surface area contributed by atoms with Gasteiger partial charge in [-0.3, -0.25) is 0 Å². The molecule has 0 spiro atoms. The first-order chi connectivity index (χ1) is 12.1. The van der Waals surface area contributed by atoms with Crippen LogP contribution in [0.2, 0.25) is 0 Å². The van der Waals surface area contributed by atoms with Gasteiger partial charge in [0.1, 0.15) is 0 Å². The molecule has 0 amide bonds. The number of carbonyl (C=O) groups excluding carboxylic acids is 1. The second-order valence-corrected chi connectivity index (χ2v) is 6.93. The number of rotatable bonds is 3. The van der Waals surface area contributed by atoms with Gasteiger partial charge < -0.3 is 4.74 Å². The molecule has 0 aliphatic heterocycles. The number of aromatic nitrogens is 1. The highest BCUT2D eigenvalue weighted by Gasteiger charge is 2.36. The van der Waals surface area contributed by atoms with Crippen LogP contribution in [-0.2, 0) is 14.0 Å². The minimum absolute atomic E-state index is 0.0748. The van der Waals surface area contributed by atoms with Gasteiger partial charge in [0.2, 0.25) is 9.23 Å². The highest BCUT2D eigenvalue weighted by atomic mass is 36.0. The number of carbonyl (C=O) groups is 1. The molecule has 0 bridgehead atoms. The quantitative estimate of drug-likeness (QED) is 0.408. The van der Waals surface area contributed by atoms with Crippen LogP contribution in [0.4, 0.5) is 19.0 Å². The number of esters is 1. The van der Waals surface area contributed by atoms with E-state index in [1.165, 1.54) is 43.6 Å². The van der Waals surface area contributed by atoms with Gasteiger partial charge in [0.15, 0.2) is 11.5 Å². The molecule has 1 aromatic carbocycles. The number of methoxy groups -OCH3 is 1. The highest BCUT2D eigenvalue weighted by Crippen LogP contribution is 2.25. The molecule has 0 fully saturated rings. The van der Waals surface area contributed by atoms with Crippen LogP contribution in [0.5, 0.6) is 0 Å². The minimum atomic E-state index is -4.65. The fourth-order valence-electron chi connectivity index (χ4n) is 1.73. The van der Waals surface area contributed by atoms with E-state index in [-0.39, 0.29) is 16.9 Å². The zero-order valence-corrected chi connectivity index (χ0v) is 15.4. The fraction of sp³-hybridized carbons (Fsp3) is 0.133. The summed E-state index contributed by atoms with van der Waals surface area (Å²) in [5.41, 5.74) is -1.09. The summed E-state index contributed by atoms with van der Waals surface area (Å²) >= 11 is 0. The Bertz CT molecular complexity index is 798. The van der Waals surface area contributed by atoms with E-state index in [4.69, 9.17) is 4.21 Å². The normalized spacial score (nSPS) is 11.6. The Morgan fingerprint density at radius 2 is 1.73 bits per heavy atom. The molecule has 0 atom stereocenters. The summed E-state index contributed by atoms with van der Waals surface area (Å²) in [6.07, 6.45) is -3.45. The van der Waals surface area contributed by atoms with Gasteiger partial charge in [-0.1, -0.05) is 30.3 Å². The van der Waals surface area contributed by atoms with Crippen LogP contribution in [0.3, 0.4) is 0 Å². The summed E-state index contributed by atoms with van der Waals surface area (Å²) in [5.74, 6) is -0.897. The van der Waals surface area contributed by atoms with Crippen molar-refractivity contribution in [3.05, 3.63) is 59.8 Å². The van der Waals surface area contributed by atoms with Crippen LogP contribution in [-0.4, -0.2) is 34.2 Å². The van der Waals surface area contributed by atoms with Crippen LogP contribution in [0.1, 0.15) is 15.9 Å². The van der Waals surface area contributed by atoms with Gasteiger partial charge in [-0.25, -0.2) is 19.0 Å². The molecule has 0 radical (unpaired) electrons. The molecular weight excluding hydrogens is 416 g/mol. The topological polar surface area (TPSA) is 68.6 Å². The number of halogens is 5. The summed E-state index contributed by atoms with van der Waals surface area (Å²) in [7, 11) is 8.54. The van der Waals surface area contributed by atoms with E-state index in [0.29, 0.717) is 0 Å². The lowest BCUT2D eigenvalue weighted by Crippen LogP contribution is -2.23. The minimum Gasteiger partial charge on any atom is -0.465 e. The Hall–Kier alpha value is -1.97. The molecule has 140 valence electrons. The van der Waals surface area contributed by atoms with E-state index in [9.17, 15) is 18.0 Å². The number of benzene rings is 1. The predicted octanol–water partition coefficient (Wildman–Crippen LogP) is 4.59. The summed E-state index contributed by atoms with van der Waals surface area (Å²) in [4.78, 5) is 18.7. The van der Waals surface area contributed by atoms with Gasteiger partial charge in [-0.05, 0) is 12.1 Å². The second kappa shape index (κ2) is 10.2. The monoisotopic (exact) mass is 426 g/mol. The van der Waals surface area contributed by atoms with E-state index in [2.05, 4.69) is 36.1 Å². The maximum atomic E-state index is 13.2. The van der Waals surface area contributed by atoms with Crippen LogP contribution in [0.25, 0.3) is 0 Å². The van der Waals surface area contributed by atoms with E-state index in [1.807, 2.05) is 0 Å². The zero-order valence-electron chi connectivity index (χ0n) is 13.0. The molecule has 0 aliphatic carbocycles. The van der Waals surface area contributed by atoms with Crippen LogP contribution >= 0.6 is 21.4 Å². The molecule has 0 saturated carbocycles. The molecule has 1 heterocycles. The molecule has 11 heteroatoms. The Balaban J connectivity index is 0.000000765. The third kappa shape index (κ3) is 7.51. The predicted molar refractivity (Wildman–Crippen MR) is 94.1 cm³/mol. The standard InChI is InChI=1S/C15H11F3N2O2.Cl2OS/c1-22-14(21)11-7-8-19-12(9-11)20-13(15(16,17)18)10-5-3-2-4-6-10;1-4(2)3/h2-9H,1H3;. The van der Waals surface area contributed by atoms with Gasteiger partial charge in [-0.2, -0.15) is 13.2 Å². The number of hydrogen-bond acceptors (Lipinski definition) is 5. The second-order valence-electron chi connectivity index (χ2n) is 4.40. The summed E-state index contributed by atoms with van der Waals surface area (Å²) in [6.45, 7) is 0.